The summed E-state index contributed by atoms with van der Waals surface area (Å²) >= 11 is 0. The first-order valence-corrected chi connectivity index (χ1v) is 5.57. The van der Waals surface area contributed by atoms with Gasteiger partial charge in [0.1, 0.15) is 0 Å². The van der Waals surface area contributed by atoms with Gasteiger partial charge in [0.05, 0.1) is 6.10 Å². The zero-order valence-electron chi connectivity index (χ0n) is 9.40. The Labute approximate surface area is 86.4 Å². The summed E-state index contributed by atoms with van der Waals surface area (Å²) < 4.78 is 11.3. The van der Waals surface area contributed by atoms with Crippen molar-refractivity contribution in [1.82, 2.24) is 0 Å². The van der Waals surface area contributed by atoms with Crippen molar-refractivity contribution in [3.8, 4) is 0 Å². The molecule has 0 spiro atoms. The van der Waals surface area contributed by atoms with Crippen LogP contribution in [0.15, 0.2) is 0 Å². The van der Waals surface area contributed by atoms with E-state index in [1.54, 1.807) is 0 Å². The van der Waals surface area contributed by atoms with Crippen LogP contribution in [0, 0.1) is 11.8 Å². The van der Waals surface area contributed by atoms with Crippen LogP contribution in [0.5, 0.6) is 0 Å². The second-order valence-corrected chi connectivity index (χ2v) is 4.20. The largest absolute Gasteiger partial charge is 0.396 e. The lowest BCUT2D eigenvalue weighted by Crippen LogP contribution is -2.40. The minimum Gasteiger partial charge on any atom is -0.396 e. The second kappa shape index (κ2) is 5.69. The van der Waals surface area contributed by atoms with Gasteiger partial charge in [0.15, 0.2) is 6.29 Å². The van der Waals surface area contributed by atoms with Crippen molar-refractivity contribution in [2.75, 3.05) is 13.2 Å². The predicted molar refractivity (Wildman–Crippen MR) is 54.9 cm³/mol. The Morgan fingerprint density at radius 3 is 2.79 bits per heavy atom. The van der Waals surface area contributed by atoms with E-state index in [0.29, 0.717) is 12.5 Å². The van der Waals surface area contributed by atoms with Crippen LogP contribution >= 0.6 is 0 Å². The molecule has 3 heteroatoms. The molecule has 3 nitrogen and oxygen atoms in total. The van der Waals surface area contributed by atoms with E-state index in [0.717, 1.165) is 12.8 Å². The summed E-state index contributed by atoms with van der Waals surface area (Å²) in [6.07, 6.45) is 2.18. The first kappa shape index (κ1) is 12.0. The summed E-state index contributed by atoms with van der Waals surface area (Å²) in [6, 6.07) is 0. The molecule has 1 saturated heterocycles. The second-order valence-electron chi connectivity index (χ2n) is 4.20. The Kier molecular flexibility index (Phi) is 4.85. The molecule has 1 rings (SSSR count). The van der Waals surface area contributed by atoms with Crippen LogP contribution in [-0.4, -0.2) is 30.7 Å². The molecule has 0 radical (unpaired) electrons. The molecule has 1 fully saturated rings. The maximum absolute atomic E-state index is 9.10. The third-order valence-electron chi connectivity index (χ3n) is 2.93. The van der Waals surface area contributed by atoms with Crippen LogP contribution in [0.4, 0.5) is 0 Å². The van der Waals surface area contributed by atoms with Crippen molar-refractivity contribution in [3.05, 3.63) is 0 Å². The average Bonchev–Trinajstić information content (AvgIpc) is 2.20. The molecule has 0 saturated carbocycles. The maximum atomic E-state index is 9.10. The fraction of sp³-hybridized carbons (Fsp3) is 1.00. The SMILES string of the molecule is CCOC1CCC(C)C(C(C)CO)O1. The van der Waals surface area contributed by atoms with E-state index in [9.17, 15) is 0 Å². The van der Waals surface area contributed by atoms with Gasteiger partial charge in [-0.15, -0.1) is 0 Å². The Hall–Kier alpha value is -0.120. The highest BCUT2D eigenvalue weighted by Crippen LogP contribution is 2.29. The van der Waals surface area contributed by atoms with Crippen molar-refractivity contribution in [2.45, 2.75) is 46.0 Å². The summed E-state index contributed by atoms with van der Waals surface area (Å²) in [4.78, 5) is 0. The summed E-state index contributed by atoms with van der Waals surface area (Å²) in [7, 11) is 0. The number of aliphatic hydroxyl groups excluding tert-OH is 1. The molecule has 0 amide bonds. The molecule has 14 heavy (non-hydrogen) atoms. The highest BCUT2D eigenvalue weighted by atomic mass is 16.7. The van der Waals surface area contributed by atoms with Crippen LogP contribution in [0.1, 0.15) is 33.6 Å². The fourth-order valence-corrected chi connectivity index (χ4v) is 2.05. The maximum Gasteiger partial charge on any atom is 0.157 e. The first-order chi connectivity index (χ1) is 6.69. The van der Waals surface area contributed by atoms with Crippen molar-refractivity contribution < 1.29 is 14.6 Å². The summed E-state index contributed by atoms with van der Waals surface area (Å²) in [5, 5.41) is 9.10. The number of ether oxygens (including phenoxy) is 2. The van der Waals surface area contributed by atoms with Gasteiger partial charge < -0.3 is 14.6 Å². The van der Waals surface area contributed by atoms with Gasteiger partial charge in [-0.25, -0.2) is 0 Å². The zero-order valence-corrected chi connectivity index (χ0v) is 9.40. The van der Waals surface area contributed by atoms with Crippen molar-refractivity contribution >= 4 is 0 Å². The van der Waals surface area contributed by atoms with Crippen LogP contribution in [0.2, 0.25) is 0 Å². The van der Waals surface area contributed by atoms with Gasteiger partial charge in [0, 0.05) is 19.1 Å². The average molecular weight is 202 g/mol. The lowest BCUT2D eigenvalue weighted by Gasteiger charge is -2.37. The molecular weight excluding hydrogens is 180 g/mol. The van der Waals surface area contributed by atoms with Crippen LogP contribution in [0.25, 0.3) is 0 Å². The number of hydrogen-bond acceptors (Lipinski definition) is 3. The van der Waals surface area contributed by atoms with E-state index in [-0.39, 0.29) is 24.9 Å². The molecular formula is C11H22O3. The topological polar surface area (TPSA) is 38.7 Å². The standard InChI is InChI=1S/C11H22O3/c1-4-13-10-6-5-8(2)11(14-10)9(3)7-12/h8-12H,4-7H2,1-3H3. The molecule has 0 aromatic heterocycles. The summed E-state index contributed by atoms with van der Waals surface area (Å²) in [5.41, 5.74) is 0. The lowest BCUT2D eigenvalue weighted by molar-refractivity contribution is -0.219. The molecule has 0 aliphatic carbocycles. The normalized spacial score (nSPS) is 35.6. The van der Waals surface area contributed by atoms with Gasteiger partial charge in [0.2, 0.25) is 0 Å². The molecule has 1 heterocycles. The van der Waals surface area contributed by atoms with Gasteiger partial charge in [-0.1, -0.05) is 13.8 Å². The highest BCUT2D eigenvalue weighted by molar-refractivity contribution is 4.77. The smallest absolute Gasteiger partial charge is 0.157 e. The Bertz CT molecular complexity index is 157. The number of aliphatic hydroxyl groups is 1. The van der Waals surface area contributed by atoms with Crippen LogP contribution in [0.3, 0.4) is 0 Å². The van der Waals surface area contributed by atoms with E-state index < -0.39 is 0 Å². The van der Waals surface area contributed by atoms with Gasteiger partial charge in [-0.05, 0) is 25.7 Å². The Morgan fingerprint density at radius 1 is 1.50 bits per heavy atom. The van der Waals surface area contributed by atoms with Crippen molar-refractivity contribution in [1.29, 1.82) is 0 Å². The van der Waals surface area contributed by atoms with Gasteiger partial charge in [-0.2, -0.15) is 0 Å². The fourth-order valence-electron chi connectivity index (χ4n) is 2.05. The van der Waals surface area contributed by atoms with E-state index in [4.69, 9.17) is 14.6 Å². The van der Waals surface area contributed by atoms with E-state index in [2.05, 4.69) is 6.92 Å². The van der Waals surface area contributed by atoms with Crippen molar-refractivity contribution in [2.24, 2.45) is 11.8 Å². The van der Waals surface area contributed by atoms with Crippen LogP contribution < -0.4 is 0 Å². The Balaban J connectivity index is 2.46. The molecule has 0 bridgehead atoms. The summed E-state index contributed by atoms with van der Waals surface area (Å²) in [6.45, 7) is 7.06. The molecule has 0 aromatic carbocycles. The predicted octanol–water partition coefficient (Wildman–Crippen LogP) is 1.79. The molecule has 4 atom stereocenters. The van der Waals surface area contributed by atoms with Gasteiger partial charge >= 0.3 is 0 Å². The van der Waals surface area contributed by atoms with Gasteiger partial charge in [0.25, 0.3) is 0 Å². The Morgan fingerprint density at radius 2 is 2.21 bits per heavy atom. The summed E-state index contributed by atoms with van der Waals surface area (Å²) in [5.74, 6) is 0.724. The number of rotatable bonds is 4. The third kappa shape index (κ3) is 2.94. The zero-order chi connectivity index (χ0) is 10.6. The lowest BCUT2D eigenvalue weighted by atomic mass is 9.88. The molecule has 84 valence electrons. The molecule has 4 unspecified atom stereocenters. The van der Waals surface area contributed by atoms with E-state index >= 15 is 0 Å². The van der Waals surface area contributed by atoms with E-state index in [1.165, 1.54) is 0 Å². The number of hydrogen-bond donors (Lipinski definition) is 1. The minimum atomic E-state index is -0.0600. The minimum absolute atomic E-state index is 0.0600. The van der Waals surface area contributed by atoms with Crippen LogP contribution in [-0.2, 0) is 9.47 Å². The van der Waals surface area contributed by atoms with Gasteiger partial charge in [-0.3, -0.25) is 0 Å². The molecule has 1 N–H and O–H groups in total. The highest BCUT2D eigenvalue weighted by Gasteiger charge is 2.32. The molecule has 0 aromatic rings. The van der Waals surface area contributed by atoms with E-state index in [1.807, 2.05) is 13.8 Å². The quantitative estimate of drug-likeness (QED) is 0.755. The van der Waals surface area contributed by atoms with Crippen molar-refractivity contribution in [3.63, 3.8) is 0 Å². The third-order valence-corrected chi connectivity index (χ3v) is 2.93. The monoisotopic (exact) mass is 202 g/mol. The molecule has 1 aliphatic rings. The molecule has 1 aliphatic heterocycles. The first-order valence-electron chi connectivity index (χ1n) is 5.57.